The van der Waals surface area contributed by atoms with Crippen LogP contribution in [0.5, 0.6) is 0 Å². The third kappa shape index (κ3) is 3.96. The number of aromatic amines is 2. The van der Waals surface area contributed by atoms with Gasteiger partial charge >= 0.3 is 0 Å². The van der Waals surface area contributed by atoms with Crippen LogP contribution in [0, 0.1) is 12.8 Å². The number of imidazole rings is 1. The number of allylic oxidation sites excluding steroid dienone is 2. The topological polar surface area (TPSA) is 155 Å². The highest BCUT2D eigenvalue weighted by Crippen LogP contribution is 2.32. The van der Waals surface area contributed by atoms with Crippen LogP contribution in [-0.4, -0.2) is 41.9 Å². The van der Waals surface area contributed by atoms with E-state index in [2.05, 4.69) is 42.0 Å². The zero-order valence-corrected chi connectivity index (χ0v) is 18.4. The Morgan fingerprint density at radius 3 is 2.74 bits per heavy atom. The Hall–Kier alpha value is -4.60. The number of pyridine rings is 2. The van der Waals surface area contributed by atoms with E-state index in [0.29, 0.717) is 34.2 Å². The Bertz CT molecular complexity index is 1480. The maximum Gasteiger partial charge on any atom is 0.250 e. The van der Waals surface area contributed by atoms with Gasteiger partial charge in [0.05, 0.1) is 28.5 Å². The first-order chi connectivity index (χ1) is 16.4. The molecule has 1 fully saturated rings. The predicted octanol–water partition coefficient (Wildman–Crippen LogP) is 3.12. The first-order valence-corrected chi connectivity index (χ1v) is 10.7. The van der Waals surface area contributed by atoms with Gasteiger partial charge < -0.3 is 16.0 Å². The molecular weight excluding hydrogens is 432 g/mol. The largest absolute Gasteiger partial charge is 0.366 e. The summed E-state index contributed by atoms with van der Waals surface area (Å²) in [5.74, 6) is 0.0250. The lowest BCUT2D eigenvalue weighted by molar-refractivity contribution is -0.117. The number of primary amides is 1. The fourth-order valence-electron chi connectivity index (χ4n) is 3.73. The number of aryl methyl sites for hydroxylation is 1. The van der Waals surface area contributed by atoms with E-state index in [1.807, 2.05) is 12.1 Å². The predicted molar refractivity (Wildman–Crippen MR) is 128 cm³/mol. The number of hydrogen-bond donors (Lipinski definition) is 4. The summed E-state index contributed by atoms with van der Waals surface area (Å²) in [4.78, 5) is 40.5. The van der Waals surface area contributed by atoms with Gasteiger partial charge in [0.2, 0.25) is 5.91 Å². The van der Waals surface area contributed by atoms with E-state index < -0.39 is 5.91 Å². The summed E-state index contributed by atoms with van der Waals surface area (Å²) in [6, 6.07) is 3.79. The molecule has 10 heteroatoms. The molecule has 0 aromatic carbocycles. The summed E-state index contributed by atoms with van der Waals surface area (Å²) in [6.45, 7) is 5.44. The molecule has 4 heterocycles. The Balaban J connectivity index is 1.52. The van der Waals surface area contributed by atoms with Crippen molar-refractivity contribution in [3.63, 3.8) is 0 Å². The SMILES string of the molecule is C=C/C=C(/C(N)=O)c1nc(-c2[nH]nc3ncc(-c4cncc(NC(=O)C5CC5)c4)cc23)[nH]c1C. The maximum absolute atomic E-state index is 12.1. The molecule has 0 radical (unpaired) electrons. The Morgan fingerprint density at radius 1 is 1.21 bits per heavy atom. The van der Waals surface area contributed by atoms with E-state index in [4.69, 9.17) is 5.73 Å². The normalized spacial score (nSPS) is 13.7. The second kappa shape index (κ2) is 8.39. The van der Waals surface area contributed by atoms with Crippen molar-refractivity contribution in [3.05, 3.63) is 60.8 Å². The number of hydrogen-bond acceptors (Lipinski definition) is 6. The highest BCUT2D eigenvalue weighted by Gasteiger charge is 2.29. The number of aromatic nitrogens is 6. The van der Waals surface area contributed by atoms with Crippen molar-refractivity contribution in [2.75, 3.05) is 5.32 Å². The van der Waals surface area contributed by atoms with Crippen LogP contribution in [0.3, 0.4) is 0 Å². The number of anilines is 1. The molecule has 0 bridgehead atoms. The quantitative estimate of drug-likeness (QED) is 0.248. The molecule has 34 heavy (non-hydrogen) atoms. The summed E-state index contributed by atoms with van der Waals surface area (Å²) < 4.78 is 0. The average Bonchev–Trinajstić information content (AvgIpc) is 3.49. The van der Waals surface area contributed by atoms with Crippen LogP contribution in [0.25, 0.3) is 39.3 Å². The van der Waals surface area contributed by atoms with Gasteiger partial charge in [-0.25, -0.2) is 9.97 Å². The molecular formula is C24H22N8O2. The van der Waals surface area contributed by atoms with Crippen LogP contribution in [0.2, 0.25) is 0 Å². The molecule has 4 aromatic rings. The van der Waals surface area contributed by atoms with E-state index in [1.165, 1.54) is 12.2 Å². The molecule has 0 aliphatic heterocycles. The number of H-pyrrole nitrogens is 2. The van der Waals surface area contributed by atoms with Gasteiger partial charge in [0.25, 0.3) is 5.91 Å². The fraction of sp³-hybridized carbons (Fsp3) is 0.167. The van der Waals surface area contributed by atoms with E-state index >= 15 is 0 Å². The minimum Gasteiger partial charge on any atom is -0.366 e. The smallest absolute Gasteiger partial charge is 0.250 e. The number of amides is 2. The number of rotatable bonds is 7. The van der Waals surface area contributed by atoms with Gasteiger partial charge in [0, 0.05) is 35.1 Å². The average molecular weight is 454 g/mol. The van der Waals surface area contributed by atoms with Gasteiger partial charge in [-0.2, -0.15) is 5.10 Å². The van der Waals surface area contributed by atoms with Crippen LogP contribution >= 0.6 is 0 Å². The third-order valence-corrected chi connectivity index (χ3v) is 5.62. The van der Waals surface area contributed by atoms with Crippen LogP contribution < -0.4 is 11.1 Å². The lowest BCUT2D eigenvalue weighted by Gasteiger charge is -2.06. The van der Waals surface area contributed by atoms with Crippen LogP contribution in [0.15, 0.2) is 49.5 Å². The van der Waals surface area contributed by atoms with Crippen molar-refractivity contribution in [3.8, 4) is 22.6 Å². The van der Waals surface area contributed by atoms with Crippen molar-refractivity contribution in [2.45, 2.75) is 19.8 Å². The van der Waals surface area contributed by atoms with Crippen LogP contribution in [0.4, 0.5) is 5.69 Å². The summed E-state index contributed by atoms with van der Waals surface area (Å²) >= 11 is 0. The molecule has 4 aromatic heterocycles. The van der Waals surface area contributed by atoms with Gasteiger partial charge in [0.15, 0.2) is 11.5 Å². The number of nitrogens with zero attached hydrogens (tertiary/aromatic N) is 4. The minimum atomic E-state index is -0.597. The van der Waals surface area contributed by atoms with E-state index in [9.17, 15) is 9.59 Å². The molecule has 2 amide bonds. The second-order valence-corrected chi connectivity index (χ2v) is 8.16. The summed E-state index contributed by atoms with van der Waals surface area (Å²) in [6.07, 6.45) is 9.92. The highest BCUT2D eigenvalue weighted by atomic mass is 16.2. The lowest BCUT2D eigenvalue weighted by Crippen LogP contribution is -2.13. The molecule has 0 saturated heterocycles. The van der Waals surface area contributed by atoms with Gasteiger partial charge in [-0.3, -0.25) is 19.7 Å². The highest BCUT2D eigenvalue weighted by molar-refractivity contribution is 6.18. The molecule has 5 rings (SSSR count). The second-order valence-electron chi connectivity index (χ2n) is 8.16. The Kier molecular flexibility index (Phi) is 5.25. The zero-order chi connectivity index (χ0) is 23.8. The molecule has 1 aliphatic carbocycles. The van der Waals surface area contributed by atoms with Gasteiger partial charge in [-0.15, -0.1) is 0 Å². The first kappa shape index (κ1) is 21.3. The molecule has 0 atom stereocenters. The summed E-state index contributed by atoms with van der Waals surface area (Å²) in [7, 11) is 0. The molecule has 0 unspecified atom stereocenters. The summed E-state index contributed by atoms with van der Waals surface area (Å²) in [5.41, 5.74) is 10.3. The van der Waals surface area contributed by atoms with Crippen molar-refractivity contribution >= 4 is 34.1 Å². The third-order valence-electron chi connectivity index (χ3n) is 5.62. The minimum absolute atomic E-state index is 0.0227. The van der Waals surface area contributed by atoms with Crippen LogP contribution in [0.1, 0.15) is 24.2 Å². The van der Waals surface area contributed by atoms with Crippen LogP contribution in [-0.2, 0) is 9.59 Å². The molecule has 5 N–H and O–H groups in total. The molecule has 1 aliphatic rings. The number of carbonyl (C=O) groups excluding carboxylic acids is 2. The Labute approximate surface area is 194 Å². The molecule has 0 spiro atoms. The Morgan fingerprint density at radius 2 is 2.00 bits per heavy atom. The number of nitrogens with two attached hydrogens (primary N) is 1. The van der Waals surface area contributed by atoms with Crippen molar-refractivity contribution in [1.29, 1.82) is 0 Å². The molecule has 10 nitrogen and oxygen atoms in total. The lowest BCUT2D eigenvalue weighted by atomic mass is 10.1. The molecule has 170 valence electrons. The molecule has 1 saturated carbocycles. The van der Waals surface area contributed by atoms with E-state index in [-0.39, 0.29) is 17.4 Å². The zero-order valence-electron chi connectivity index (χ0n) is 18.4. The maximum atomic E-state index is 12.1. The van der Waals surface area contributed by atoms with E-state index in [1.54, 1.807) is 25.5 Å². The fourth-order valence-corrected chi connectivity index (χ4v) is 3.73. The first-order valence-electron chi connectivity index (χ1n) is 10.7. The van der Waals surface area contributed by atoms with Crippen molar-refractivity contribution in [1.82, 2.24) is 30.1 Å². The van der Waals surface area contributed by atoms with Gasteiger partial charge in [0.1, 0.15) is 5.69 Å². The van der Waals surface area contributed by atoms with Gasteiger partial charge in [-0.05, 0) is 38.0 Å². The number of nitrogens with one attached hydrogen (secondary N) is 3. The monoisotopic (exact) mass is 454 g/mol. The summed E-state index contributed by atoms with van der Waals surface area (Å²) in [5, 5.41) is 10.9. The van der Waals surface area contributed by atoms with Gasteiger partial charge in [-0.1, -0.05) is 12.7 Å². The number of carbonyl (C=O) groups is 2. The van der Waals surface area contributed by atoms with Crippen molar-refractivity contribution < 1.29 is 9.59 Å². The number of fused-ring (bicyclic) bond motifs is 1. The van der Waals surface area contributed by atoms with E-state index in [0.717, 1.165) is 29.4 Å². The van der Waals surface area contributed by atoms with Crippen molar-refractivity contribution in [2.24, 2.45) is 11.7 Å². The standard InChI is InChI=1S/C24H22N8O2/c1-3-4-17(21(25)33)19-12(2)28-23(30-19)20-18-8-15(10-27-22(18)32-31-20)14-7-16(11-26-9-14)29-24(34)13-5-6-13/h3-4,7-11,13H,1,5-6H2,2H3,(H2,25,33)(H,28,30)(H,29,34)(H,27,31,32)/b17-4+.